The molecule has 0 bridgehead atoms. The molecule has 8 rings (SSSR count). The molecule has 0 spiro atoms. The molecule has 8 aromatic rings. The second-order valence-corrected chi connectivity index (χ2v) is 13.4. The third-order valence-corrected chi connectivity index (χ3v) is 10.2. The molecule has 254 valence electrons. The average molecular weight is 663 g/mol. The lowest BCUT2D eigenvalue weighted by Gasteiger charge is -2.17. The Morgan fingerprint density at radius 1 is 0.314 bits per heavy atom. The first kappa shape index (κ1) is 35.4. The molecule has 0 unspecified atom stereocenters. The van der Waals surface area contributed by atoms with Crippen LogP contribution in [-0.2, 0) is 19.3 Å². The zero-order valence-corrected chi connectivity index (χ0v) is 31.1. The van der Waals surface area contributed by atoms with Crippen LogP contribution in [0.3, 0.4) is 0 Å². The highest BCUT2D eigenvalue weighted by Gasteiger charge is 2.14. The molecule has 0 radical (unpaired) electrons. The van der Waals surface area contributed by atoms with E-state index >= 15 is 0 Å². The van der Waals surface area contributed by atoms with E-state index in [2.05, 4.69) is 199 Å². The van der Waals surface area contributed by atoms with E-state index in [1.807, 2.05) is 0 Å². The SMILES string of the molecule is CCc1ccc2ccccc2c1-c1c(C)ccc2ccccc12.CCc1cccc2cccc(C)c12.CCc1ccccc1-c1ccccc1C. The summed E-state index contributed by atoms with van der Waals surface area (Å²) in [7, 11) is 0. The van der Waals surface area contributed by atoms with E-state index in [1.54, 1.807) is 0 Å². The number of benzene rings is 8. The minimum absolute atomic E-state index is 1.04. The van der Waals surface area contributed by atoms with Gasteiger partial charge in [-0.2, -0.15) is 0 Å². The monoisotopic (exact) mass is 662 g/mol. The number of fused-ring (bicyclic) bond motifs is 3. The zero-order valence-electron chi connectivity index (χ0n) is 31.1. The quantitative estimate of drug-likeness (QED) is 0.172. The fourth-order valence-electron chi connectivity index (χ4n) is 7.50. The van der Waals surface area contributed by atoms with Crippen LogP contribution in [0.15, 0.2) is 158 Å². The van der Waals surface area contributed by atoms with Gasteiger partial charge in [-0.3, -0.25) is 0 Å². The van der Waals surface area contributed by atoms with Crippen molar-refractivity contribution in [1.29, 1.82) is 0 Å². The van der Waals surface area contributed by atoms with Crippen molar-refractivity contribution in [3.63, 3.8) is 0 Å². The molecule has 0 nitrogen and oxygen atoms in total. The third kappa shape index (κ3) is 7.67. The lowest BCUT2D eigenvalue weighted by molar-refractivity contribution is 1.14. The molecule has 0 aromatic heterocycles. The van der Waals surface area contributed by atoms with Crippen LogP contribution in [0, 0.1) is 20.8 Å². The summed E-state index contributed by atoms with van der Waals surface area (Å²) in [6.07, 6.45) is 3.25. The Hall–Kier alpha value is -5.46. The Kier molecular flexibility index (Phi) is 11.4. The fraction of sp³-hybridized carbons (Fsp3) is 0.176. The van der Waals surface area contributed by atoms with Gasteiger partial charge < -0.3 is 0 Å². The van der Waals surface area contributed by atoms with E-state index in [1.165, 1.54) is 88.0 Å². The standard InChI is InChI=1S/C23H20.C15H16.C13H14/c1-3-17-14-15-19-9-5-7-11-21(19)23(17)22-16(2)12-13-18-8-4-6-10-20(18)22;1-3-13-9-5-7-11-15(13)14-10-6-4-8-12(14)2;1-3-11-7-5-9-12-8-4-6-10(2)13(11)12/h4-15H,3H2,1-2H3;4-11H,3H2,1-2H3;4-9H,3H2,1-2H3. The number of rotatable bonds is 5. The minimum atomic E-state index is 1.04. The maximum absolute atomic E-state index is 2.29. The van der Waals surface area contributed by atoms with Gasteiger partial charge in [0.1, 0.15) is 0 Å². The Morgan fingerprint density at radius 3 is 1.47 bits per heavy atom. The van der Waals surface area contributed by atoms with Gasteiger partial charge in [0.2, 0.25) is 0 Å². The first-order valence-electron chi connectivity index (χ1n) is 18.6. The first-order chi connectivity index (χ1) is 24.9. The van der Waals surface area contributed by atoms with Crippen LogP contribution in [0.4, 0.5) is 0 Å². The highest BCUT2D eigenvalue weighted by Crippen LogP contribution is 2.39. The van der Waals surface area contributed by atoms with E-state index in [-0.39, 0.29) is 0 Å². The number of hydrogen-bond acceptors (Lipinski definition) is 0. The predicted molar refractivity (Wildman–Crippen MR) is 225 cm³/mol. The molecule has 0 aliphatic rings. The van der Waals surface area contributed by atoms with E-state index in [9.17, 15) is 0 Å². The summed E-state index contributed by atoms with van der Waals surface area (Å²) >= 11 is 0. The molecule has 0 atom stereocenters. The van der Waals surface area contributed by atoms with E-state index in [0.29, 0.717) is 0 Å². The van der Waals surface area contributed by atoms with E-state index in [4.69, 9.17) is 0 Å². The third-order valence-electron chi connectivity index (χ3n) is 10.2. The van der Waals surface area contributed by atoms with Crippen LogP contribution in [0.5, 0.6) is 0 Å². The summed E-state index contributed by atoms with van der Waals surface area (Å²) in [5.74, 6) is 0. The summed E-state index contributed by atoms with van der Waals surface area (Å²) < 4.78 is 0. The van der Waals surface area contributed by atoms with E-state index < -0.39 is 0 Å². The minimum Gasteiger partial charge on any atom is -0.0620 e. The molecule has 0 saturated carbocycles. The highest BCUT2D eigenvalue weighted by atomic mass is 14.2. The van der Waals surface area contributed by atoms with E-state index in [0.717, 1.165) is 19.3 Å². The van der Waals surface area contributed by atoms with Crippen LogP contribution in [0.2, 0.25) is 0 Å². The first-order valence-corrected chi connectivity index (χ1v) is 18.6. The molecular formula is C51H50. The maximum Gasteiger partial charge on any atom is -0.00645 e. The van der Waals surface area contributed by atoms with Crippen molar-refractivity contribution >= 4 is 32.3 Å². The largest absolute Gasteiger partial charge is 0.0620 e. The summed E-state index contributed by atoms with van der Waals surface area (Å²) in [6.45, 7) is 13.2. The van der Waals surface area contributed by atoms with Crippen molar-refractivity contribution in [3.8, 4) is 22.3 Å². The normalized spacial score (nSPS) is 10.8. The van der Waals surface area contributed by atoms with Gasteiger partial charge in [-0.15, -0.1) is 0 Å². The molecule has 0 amide bonds. The number of aryl methyl sites for hydroxylation is 6. The summed E-state index contributed by atoms with van der Waals surface area (Å²) in [4.78, 5) is 0. The molecule has 0 heterocycles. The van der Waals surface area contributed by atoms with Gasteiger partial charge in [0.05, 0.1) is 0 Å². The molecule has 0 aliphatic heterocycles. The molecule has 0 heteroatoms. The van der Waals surface area contributed by atoms with Crippen molar-refractivity contribution in [1.82, 2.24) is 0 Å². The smallest absolute Gasteiger partial charge is 0.00645 e. The van der Waals surface area contributed by atoms with Gasteiger partial charge >= 0.3 is 0 Å². The lowest BCUT2D eigenvalue weighted by atomic mass is 9.87. The Bertz CT molecular complexity index is 2400. The average Bonchev–Trinajstić information content (AvgIpc) is 3.18. The molecule has 0 fully saturated rings. The number of hydrogen-bond donors (Lipinski definition) is 0. The Balaban J connectivity index is 0.000000139. The van der Waals surface area contributed by atoms with Gasteiger partial charge in [0.15, 0.2) is 0 Å². The van der Waals surface area contributed by atoms with Gasteiger partial charge in [-0.25, -0.2) is 0 Å². The topological polar surface area (TPSA) is 0 Å². The van der Waals surface area contributed by atoms with Crippen LogP contribution in [0.25, 0.3) is 54.6 Å². The van der Waals surface area contributed by atoms with Crippen molar-refractivity contribution in [2.75, 3.05) is 0 Å². The fourth-order valence-corrected chi connectivity index (χ4v) is 7.50. The summed E-state index contributed by atoms with van der Waals surface area (Å²) in [5, 5.41) is 8.12. The zero-order chi connectivity index (χ0) is 35.7. The summed E-state index contributed by atoms with van der Waals surface area (Å²) in [5.41, 5.74) is 13.9. The molecule has 0 saturated heterocycles. The molecule has 0 N–H and O–H groups in total. The molecule has 51 heavy (non-hydrogen) atoms. The predicted octanol–water partition coefficient (Wildman–Crippen LogP) is 14.5. The molecular weight excluding hydrogens is 613 g/mol. The van der Waals surface area contributed by atoms with Gasteiger partial charge in [-0.1, -0.05) is 178 Å². The molecule has 0 aliphatic carbocycles. The van der Waals surface area contributed by atoms with Crippen LogP contribution >= 0.6 is 0 Å². The molecule has 8 aromatic carbocycles. The van der Waals surface area contributed by atoms with Gasteiger partial charge in [-0.05, 0) is 128 Å². The second-order valence-electron chi connectivity index (χ2n) is 13.4. The van der Waals surface area contributed by atoms with Crippen molar-refractivity contribution in [3.05, 3.63) is 191 Å². The van der Waals surface area contributed by atoms with Crippen LogP contribution in [0.1, 0.15) is 54.2 Å². The maximum atomic E-state index is 2.29. The van der Waals surface area contributed by atoms with Crippen molar-refractivity contribution in [2.24, 2.45) is 0 Å². The van der Waals surface area contributed by atoms with Crippen LogP contribution in [-0.4, -0.2) is 0 Å². The van der Waals surface area contributed by atoms with Crippen molar-refractivity contribution < 1.29 is 0 Å². The summed E-state index contributed by atoms with van der Waals surface area (Å²) in [6, 6.07) is 56.7. The Labute approximate surface area is 305 Å². The van der Waals surface area contributed by atoms with Gasteiger partial charge in [0, 0.05) is 0 Å². The lowest BCUT2D eigenvalue weighted by Crippen LogP contribution is -1.93. The van der Waals surface area contributed by atoms with Crippen molar-refractivity contribution in [2.45, 2.75) is 60.8 Å². The van der Waals surface area contributed by atoms with Gasteiger partial charge in [0.25, 0.3) is 0 Å². The van der Waals surface area contributed by atoms with Crippen LogP contribution < -0.4 is 0 Å². The highest BCUT2D eigenvalue weighted by molar-refractivity contribution is 6.07. The Morgan fingerprint density at radius 2 is 0.804 bits per heavy atom. The second kappa shape index (κ2) is 16.5.